The molecule has 0 saturated heterocycles. The third-order valence-electron chi connectivity index (χ3n) is 4.14. The lowest BCUT2D eigenvalue weighted by molar-refractivity contribution is 1.15. The number of anilines is 1. The molecule has 1 N–H and O–H groups in total. The third kappa shape index (κ3) is 2.72. The molecule has 4 rings (SSSR count). The third-order valence-corrected chi connectivity index (χ3v) is 4.14. The van der Waals surface area contributed by atoms with Crippen molar-refractivity contribution in [2.45, 2.75) is 6.54 Å². The van der Waals surface area contributed by atoms with Crippen molar-refractivity contribution in [3.05, 3.63) is 94.8 Å². The van der Waals surface area contributed by atoms with E-state index >= 15 is 0 Å². The number of hydrogen-bond donors (Lipinski definition) is 1. The molecule has 24 heavy (non-hydrogen) atoms. The lowest BCUT2D eigenvalue weighted by Crippen LogP contribution is -2.02. The monoisotopic (exact) mass is 312 g/mol. The van der Waals surface area contributed by atoms with Gasteiger partial charge in [-0.3, -0.25) is 9.78 Å². The van der Waals surface area contributed by atoms with Crippen LogP contribution in [0.4, 0.5) is 5.69 Å². The molecule has 0 aliphatic rings. The summed E-state index contributed by atoms with van der Waals surface area (Å²) < 4.78 is 0. The number of fused-ring (bicyclic) bond motifs is 2. The Labute approximate surface area is 139 Å². The van der Waals surface area contributed by atoms with Gasteiger partial charge in [-0.25, -0.2) is 0 Å². The zero-order chi connectivity index (χ0) is 16.4. The minimum absolute atomic E-state index is 0.0152. The molecule has 116 valence electrons. The maximum Gasteiger partial charge on any atom is 0.195 e. The van der Waals surface area contributed by atoms with Gasteiger partial charge in [0.1, 0.15) is 0 Å². The highest BCUT2D eigenvalue weighted by Gasteiger charge is 2.04. The number of pyridine rings is 1. The van der Waals surface area contributed by atoms with Gasteiger partial charge in [0, 0.05) is 29.2 Å². The van der Waals surface area contributed by atoms with Gasteiger partial charge in [-0.05, 0) is 41.3 Å². The van der Waals surface area contributed by atoms with Gasteiger partial charge in [-0.1, -0.05) is 42.5 Å². The first-order chi connectivity index (χ1) is 11.8. The second-order valence-corrected chi connectivity index (χ2v) is 5.74. The van der Waals surface area contributed by atoms with E-state index in [-0.39, 0.29) is 5.43 Å². The quantitative estimate of drug-likeness (QED) is 0.611. The molecule has 3 aromatic carbocycles. The van der Waals surface area contributed by atoms with E-state index < -0.39 is 0 Å². The number of rotatable bonds is 3. The van der Waals surface area contributed by atoms with Crippen LogP contribution in [0.1, 0.15) is 5.56 Å². The normalized spacial score (nSPS) is 10.8. The Morgan fingerprint density at radius 1 is 0.833 bits per heavy atom. The van der Waals surface area contributed by atoms with Crippen molar-refractivity contribution in [2.24, 2.45) is 0 Å². The first-order valence-corrected chi connectivity index (χ1v) is 7.91. The zero-order valence-corrected chi connectivity index (χ0v) is 13.1. The van der Waals surface area contributed by atoms with Crippen LogP contribution in [0.3, 0.4) is 0 Å². The van der Waals surface area contributed by atoms with Crippen LogP contribution in [-0.4, -0.2) is 4.98 Å². The predicted octanol–water partition coefficient (Wildman–Crippen LogP) is 4.36. The van der Waals surface area contributed by atoms with Crippen molar-refractivity contribution in [2.75, 3.05) is 5.32 Å². The molecule has 0 bridgehead atoms. The van der Waals surface area contributed by atoms with Crippen LogP contribution in [0.2, 0.25) is 0 Å². The summed E-state index contributed by atoms with van der Waals surface area (Å²) in [5, 5.41) is 5.65. The van der Waals surface area contributed by atoms with E-state index in [9.17, 15) is 4.79 Å². The summed E-state index contributed by atoms with van der Waals surface area (Å²) in [6.45, 7) is 0.724. The fourth-order valence-corrected chi connectivity index (χ4v) is 2.86. The summed E-state index contributed by atoms with van der Waals surface area (Å²) in [5.74, 6) is 0. The molecule has 3 heteroatoms. The highest BCUT2D eigenvalue weighted by Crippen LogP contribution is 2.19. The molecular weight excluding hydrogens is 296 g/mol. The molecule has 0 aliphatic carbocycles. The molecule has 0 spiro atoms. The van der Waals surface area contributed by atoms with E-state index in [0.29, 0.717) is 10.8 Å². The van der Waals surface area contributed by atoms with Crippen molar-refractivity contribution in [3.8, 4) is 0 Å². The Bertz CT molecular complexity index is 1080. The molecule has 0 saturated carbocycles. The SMILES string of the molecule is O=c1c2cc(NCc3ccccc3)ccc2ccc2ncccc12. The van der Waals surface area contributed by atoms with E-state index in [2.05, 4.69) is 22.4 Å². The van der Waals surface area contributed by atoms with Crippen molar-refractivity contribution >= 4 is 27.4 Å². The van der Waals surface area contributed by atoms with Gasteiger partial charge >= 0.3 is 0 Å². The Hall–Kier alpha value is -3.20. The predicted molar refractivity (Wildman–Crippen MR) is 99.3 cm³/mol. The summed E-state index contributed by atoms with van der Waals surface area (Å²) in [5.41, 5.74) is 2.87. The molecule has 1 aromatic heterocycles. The summed E-state index contributed by atoms with van der Waals surface area (Å²) in [7, 11) is 0. The summed E-state index contributed by atoms with van der Waals surface area (Å²) in [6, 6.07) is 23.6. The van der Waals surface area contributed by atoms with E-state index in [1.165, 1.54) is 5.56 Å². The Kier molecular flexibility index (Phi) is 3.67. The van der Waals surface area contributed by atoms with Crippen LogP contribution >= 0.6 is 0 Å². The first kappa shape index (κ1) is 14.4. The molecule has 0 amide bonds. The molecule has 0 aliphatic heterocycles. The molecule has 0 atom stereocenters. The number of benzene rings is 2. The van der Waals surface area contributed by atoms with Gasteiger partial charge in [-0.15, -0.1) is 0 Å². The fourth-order valence-electron chi connectivity index (χ4n) is 2.86. The highest BCUT2D eigenvalue weighted by atomic mass is 16.1. The lowest BCUT2D eigenvalue weighted by Gasteiger charge is -2.07. The Morgan fingerprint density at radius 3 is 2.54 bits per heavy atom. The average Bonchev–Trinajstić information content (AvgIpc) is 2.78. The number of nitrogens with zero attached hydrogens (tertiary/aromatic N) is 1. The maximum absolute atomic E-state index is 12.8. The van der Waals surface area contributed by atoms with E-state index in [1.807, 2.05) is 54.6 Å². The van der Waals surface area contributed by atoms with E-state index in [0.717, 1.165) is 23.1 Å². The number of aromatic nitrogens is 1. The second kappa shape index (κ2) is 6.13. The molecule has 1 heterocycles. The van der Waals surface area contributed by atoms with Gasteiger partial charge in [0.2, 0.25) is 0 Å². The standard InChI is InChI=1S/C21H16N2O/c24-21-18-7-4-12-22-20(18)11-9-16-8-10-17(13-19(16)21)23-14-15-5-2-1-3-6-15/h1-13,23H,14H2. The summed E-state index contributed by atoms with van der Waals surface area (Å²) >= 11 is 0. The molecule has 0 radical (unpaired) electrons. The second-order valence-electron chi connectivity index (χ2n) is 5.74. The van der Waals surface area contributed by atoms with E-state index in [4.69, 9.17) is 0 Å². The summed E-state index contributed by atoms with van der Waals surface area (Å²) in [6.07, 6.45) is 1.71. The summed E-state index contributed by atoms with van der Waals surface area (Å²) in [4.78, 5) is 17.1. The maximum atomic E-state index is 12.8. The van der Waals surface area contributed by atoms with Crippen molar-refractivity contribution in [1.29, 1.82) is 0 Å². The largest absolute Gasteiger partial charge is 0.381 e. The van der Waals surface area contributed by atoms with Gasteiger partial charge in [0.05, 0.1) is 5.52 Å². The minimum Gasteiger partial charge on any atom is -0.381 e. The van der Waals surface area contributed by atoms with Crippen LogP contribution in [0.5, 0.6) is 0 Å². The van der Waals surface area contributed by atoms with Crippen molar-refractivity contribution in [1.82, 2.24) is 4.98 Å². The minimum atomic E-state index is 0.0152. The smallest absolute Gasteiger partial charge is 0.195 e. The Morgan fingerprint density at radius 2 is 1.67 bits per heavy atom. The molecule has 3 nitrogen and oxygen atoms in total. The molecule has 0 unspecified atom stereocenters. The lowest BCUT2D eigenvalue weighted by atomic mass is 10.1. The van der Waals surface area contributed by atoms with Gasteiger partial charge in [0.25, 0.3) is 0 Å². The van der Waals surface area contributed by atoms with Crippen molar-refractivity contribution in [3.63, 3.8) is 0 Å². The molecular formula is C21H16N2O. The Balaban J connectivity index is 1.78. The number of hydrogen-bond acceptors (Lipinski definition) is 3. The van der Waals surface area contributed by atoms with Gasteiger partial charge < -0.3 is 5.32 Å². The highest BCUT2D eigenvalue weighted by molar-refractivity contribution is 5.93. The average molecular weight is 312 g/mol. The van der Waals surface area contributed by atoms with Crippen LogP contribution in [0.15, 0.2) is 83.8 Å². The fraction of sp³-hybridized carbons (Fsp3) is 0.0476. The van der Waals surface area contributed by atoms with Crippen LogP contribution in [-0.2, 0) is 6.54 Å². The zero-order valence-electron chi connectivity index (χ0n) is 13.1. The van der Waals surface area contributed by atoms with Crippen LogP contribution in [0, 0.1) is 0 Å². The van der Waals surface area contributed by atoms with Gasteiger partial charge in [-0.2, -0.15) is 0 Å². The van der Waals surface area contributed by atoms with Crippen molar-refractivity contribution < 1.29 is 0 Å². The first-order valence-electron chi connectivity index (χ1n) is 7.91. The van der Waals surface area contributed by atoms with Crippen LogP contribution < -0.4 is 10.7 Å². The topological polar surface area (TPSA) is 42.0 Å². The van der Waals surface area contributed by atoms with Gasteiger partial charge in [0.15, 0.2) is 5.43 Å². The molecule has 4 aromatic rings. The molecule has 0 fully saturated rings. The van der Waals surface area contributed by atoms with Crippen LogP contribution in [0.25, 0.3) is 21.7 Å². The number of nitrogens with one attached hydrogen (secondary N) is 1. The van der Waals surface area contributed by atoms with E-state index in [1.54, 1.807) is 12.3 Å².